The van der Waals surface area contributed by atoms with E-state index < -0.39 is 18.1 Å². The van der Waals surface area contributed by atoms with Gasteiger partial charge in [-0.15, -0.1) is 0 Å². The van der Waals surface area contributed by atoms with Gasteiger partial charge in [0.15, 0.2) is 6.29 Å². The number of nitrogens with one attached hydrogen (secondary N) is 1. The molecule has 0 unspecified atom stereocenters. The van der Waals surface area contributed by atoms with Crippen LogP contribution in [0, 0.1) is 0 Å². The number of halogens is 2. The van der Waals surface area contributed by atoms with E-state index in [-0.39, 0.29) is 6.54 Å². The summed E-state index contributed by atoms with van der Waals surface area (Å²) in [4.78, 5) is 10.6. The van der Waals surface area contributed by atoms with Crippen molar-refractivity contribution in [2.75, 3.05) is 19.8 Å². The van der Waals surface area contributed by atoms with Crippen molar-refractivity contribution in [3.63, 3.8) is 0 Å². The molecular weight excluding hydrogens is 184 g/mol. The number of ether oxygens (including phenoxy) is 2. The van der Waals surface area contributed by atoms with Gasteiger partial charge in [0.1, 0.15) is 0 Å². The fourth-order valence-electron chi connectivity index (χ4n) is 0.856. The first-order valence-corrected chi connectivity index (χ1v) is 3.89. The average Bonchev–Trinajstić information content (AvgIpc) is 2.50. The summed E-state index contributed by atoms with van der Waals surface area (Å²) in [5.74, 6) is -4.66. The molecule has 76 valence electrons. The van der Waals surface area contributed by atoms with Gasteiger partial charge >= 0.3 is 5.92 Å². The van der Waals surface area contributed by atoms with Gasteiger partial charge in [-0.25, -0.2) is 0 Å². The van der Waals surface area contributed by atoms with E-state index in [0.717, 1.165) is 0 Å². The minimum atomic E-state index is -3.35. The van der Waals surface area contributed by atoms with E-state index in [1.165, 1.54) is 0 Å². The molecule has 0 atom stereocenters. The van der Waals surface area contributed by atoms with E-state index in [9.17, 15) is 13.6 Å². The average molecular weight is 195 g/mol. The topological polar surface area (TPSA) is 47.6 Å². The van der Waals surface area contributed by atoms with Crippen molar-refractivity contribution < 1.29 is 23.0 Å². The highest BCUT2D eigenvalue weighted by Crippen LogP contribution is 2.11. The first-order valence-electron chi connectivity index (χ1n) is 3.89. The second-order valence-electron chi connectivity index (χ2n) is 2.77. The summed E-state index contributed by atoms with van der Waals surface area (Å²) in [5, 5.41) is 2.03. The Hall–Kier alpha value is -0.750. The third kappa shape index (κ3) is 3.23. The Kier molecular flexibility index (Phi) is 3.16. The summed E-state index contributed by atoms with van der Waals surface area (Å²) in [6.07, 6.45) is -0.591. The van der Waals surface area contributed by atoms with Crippen LogP contribution in [0.25, 0.3) is 0 Å². The number of hydrogen-bond acceptors (Lipinski definition) is 3. The highest BCUT2D eigenvalue weighted by molar-refractivity contribution is 5.82. The number of carbonyl (C=O) groups excluding carboxylic acids is 1. The Bertz CT molecular complexity index is 187. The molecular formula is C7H11F2NO3. The van der Waals surface area contributed by atoms with E-state index >= 15 is 0 Å². The number of hydrogen-bond donors (Lipinski definition) is 1. The maximum Gasteiger partial charge on any atom is 0.321 e. The summed E-state index contributed by atoms with van der Waals surface area (Å²) in [5.41, 5.74) is 0. The molecule has 1 aliphatic heterocycles. The van der Waals surface area contributed by atoms with Crippen LogP contribution in [-0.4, -0.2) is 37.9 Å². The summed E-state index contributed by atoms with van der Waals surface area (Å²) in [6.45, 7) is 1.37. The number of amides is 1. The van der Waals surface area contributed by atoms with Crippen molar-refractivity contribution in [3.8, 4) is 0 Å². The molecule has 1 fully saturated rings. The van der Waals surface area contributed by atoms with Crippen LogP contribution in [0.2, 0.25) is 0 Å². The predicted octanol–water partition coefficient (Wildman–Crippen LogP) is 0.131. The number of carbonyl (C=O) groups is 1. The standard InChI is InChI=1S/C7H11F2NO3/c1-7(8,9)6(11)10-4-5-12-2-3-13-5/h5H,2-4H2,1H3,(H,10,11). The molecule has 0 aromatic heterocycles. The maximum absolute atomic E-state index is 12.3. The smallest absolute Gasteiger partial charge is 0.321 e. The second kappa shape index (κ2) is 3.97. The van der Waals surface area contributed by atoms with Crippen LogP contribution in [0.15, 0.2) is 0 Å². The fourth-order valence-corrected chi connectivity index (χ4v) is 0.856. The van der Waals surface area contributed by atoms with E-state index in [4.69, 9.17) is 9.47 Å². The third-order valence-corrected chi connectivity index (χ3v) is 1.52. The molecule has 1 aliphatic rings. The van der Waals surface area contributed by atoms with E-state index in [1.807, 2.05) is 5.32 Å². The highest BCUT2D eigenvalue weighted by atomic mass is 19.3. The molecule has 1 N–H and O–H groups in total. The molecule has 1 saturated heterocycles. The molecule has 0 spiro atoms. The first-order chi connectivity index (χ1) is 6.00. The van der Waals surface area contributed by atoms with Gasteiger partial charge in [0.05, 0.1) is 19.8 Å². The van der Waals surface area contributed by atoms with Crippen LogP contribution in [-0.2, 0) is 14.3 Å². The molecule has 13 heavy (non-hydrogen) atoms. The Morgan fingerprint density at radius 1 is 1.54 bits per heavy atom. The van der Waals surface area contributed by atoms with Crippen molar-refractivity contribution in [1.82, 2.24) is 5.32 Å². The van der Waals surface area contributed by atoms with Crippen LogP contribution >= 0.6 is 0 Å². The lowest BCUT2D eigenvalue weighted by Crippen LogP contribution is -2.41. The van der Waals surface area contributed by atoms with Crippen LogP contribution in [0.3, 0.4) is 0 Å². The summed E-state index contributed by atoms with van der Waals surface area (Å²) >= 11 is 0. The zero-order chi connectivity index (χ0) is 9.90. The zero-order valence-electron chi connectivity index (χ0n) is 7.18. The monoisotopic (exact) mass is 195 g/mol. The van der Waals surface area contributed by atoms with Gasteiger partial charge in [-0.3, -0.25) is 4.79 Å². The highest BCUT2D eigenvalue weighted by Gasteiger charge is 2.32. The Morgan fingerprint density at radius 3 is 2.54 bits per heavy atom. The van der Waals surface area contributed by atoms with Crippen molar-refractivity contribution >= 4 is 5.91 Å². The second-order valence-corrected chi connectivity index (χ2v) is 2.77. The Balaban J connectivity index is 2.22. The third-order valence-electron chi connectivity index (χ3n) is 1.52. The number of rotatable bonds is 3. The SMILES string of the molecule is CC(F)(F)C(=O)NCC1OCCO1. The largest absolute Gasteiger partial charge is 0.348 e. The van der Waals surface area contributed by atoms with Gasteiger partial charge in [-0.05, 0) is 0 Å². The molecule has 1 amide bonds. The zero-order valence-corrected chi connectivity index (χ0v) is 7.18. The predicted molar refractivity (Wildman–Crippen MR) is 39.3 cm³/mol. The van der Waals surface area contributed by atoms with Gasteiger partial charge in [-0.1, -0.05) is 0 Å². The van der Waals surface area contributed by atoms with Gasteiger partial charge in [0, 0.05) is 6.92 Å². The van der Waals surface area contributed by atoms with E-state index in [2.05, 4.69) is 0 Å². The maximum atomic E-state index is 12.3. The van der Waals surface area contributed by atoms with Crippen molar-refractivity contribution in [2.24, 2.45) is 0 Å². The molecule has 0 saturated carbocycles. The van der Waals surface area contributed by atoms with Crippen molar-refractivity contribution in [1.29, 1.82) is 0 Å². The van der Waals surface area contributed by atoms with Crippen LogP contribution in [0.4, 0.5) is 8.78 Å². The van der Waals surface area contributed by atoms with Crippen LogP contribution < -0.4 is 5.32 Å². The molecule has 0 radical (unpaired) electrons. The summed E-state index contributed by atoms with van der Waals surface area (Å²) in [6, 6.07) is 0. The molecule has 1 rings (SSSR count). The molecule has 6 heteroatoms. The van der Waals surface area contributed by atoms with Crippen molar-refractivity contribution in [3.05, 3.63) is 0 Å². The van der Waals surface area contributed by atoms with E-state index in [0.29, 0.717) is 20.1 Å². The van der Waals surface area contributed by atoms with Gasteiger partial charge in [-0.2, -0.15) is 8.78 Å². The quantitative estimate of drug-likeness (QED) is 0.696. The Morgan fingerprint density at radius 2 is 2.08 bits per heavy atom. The summed E-state index contributed by atoms with van der Waals surface area (Å²) < 4.78 is 34.5. The molecule has 4 nitrogen and oxygen atoms in total. The molecule has 0 aromatic carbocycles. The summed E-state index contributed by atoms with van der Waals surface area (Å²) in [7, 11) is 0. The van der Waals surface area contributed by atoms with Crippen molar-refractivity contribution in [2.45, 2.75) is 19.1 Å². The van der Waals surface area contributed by atoms with E-state index in [1.54, 1.807) is 0 Å². The lowest BCUT2D eigenvalue weighted by Gasteiger charge is -2.13. The molecule has 0 bridgehead atoms. The van der Waals surface area contributed by atoms with Gasteiger partial charge in [0.25, 0.3) is 5.91 Å². The van der Waals surface area contributed by atoms with Gasteiger partial charge < -0.3 is 14.8 Å². The lowest BCUT2D eigenvalue weighted by atomic mass is 10.3. The molecule has 0 aromatic rings. The van der Waals surface area contributed by atoms with Gasteiger partial charge in [0.2, 0.25) is 0 Å². The Labute approximate surface area is 74.2 Å². The lowest BCUT2D eigenvalue weighted by molar-refractivity contribution is -0.145. The van der Waals surface area contributed by atoms with Crippen LogP contribution in [0.5, 0.6) is 0 Å². The minimum Gasteiger partial charge on any atom is -0.348 e. The molecule has 0 aliphatic carbocycles. The minimum absolute atomic E-state index is 0.0394. The molecule has 1 heterocycles. The van der Waals surface area contributed by atoms with Crippen LogP contribution in [0.1, 0.15) is 6.92 Å². The number of alkyl halides is 2. The normalized spacial score (nSPS) is 19.0. The fraction of sp³-hybridized carbons (Fsp3) is 0.857. The first kappa shape index (κ1) is 10.3.